The molecule has 24 heavy (non-hydrogen) atoms. The zero-order valence-electron chi connectivity index (χ0n) is 14.9. The zero-order chi connectivity index (χ0) is 17.6. The van der Waals surface area contributed by atoms with Crippen LogP contribution in [-0.2, 0) is 5.41 Å². The van der Waals surface area contributed by atoms with Gasteiger partial charge in [0.25, 0.3) is 5.91 Å². The van der Waals surface area contributed by atoms with E-state index in [0.29, 0.717) is 5.56 Å². The number of carbonyl (C=O) groups is 1. The highest BCUT2D eigenvalue weighted by atomic mass is 16.5. The van der Waals surface area contributed by atoms with Gasteiger partial charge in [0.2, 0.25) is 0 Å². The molecule has 4 nitrogen and oxygen atoms in total. The number of aromatic nitrogens is 1. The fourth-order valence-electron chi connectivity index (χ4n) is 2.15. The summed E-state index contributed by atoms with van der Waals surface area (Å²) in [6.07, 6.45) is 3.83. The van der Waals surface area contributed by atoms with Gasteiger partial charge in [-0.3, -0.25) is 9.78 Å². The fourth-order valence-corrected chi connectivity index (χ4v) is 2.15. The minimum Gasteiger partial charge on any atom is -0.494 e. The smallest absolute Gasteiger partial charge is 0.255 e. The van der Waals surface area contributed by atoms with Crippen LogP contribution in [0.3, 0.4) is 0 Å². The molecule has 0 saturated heterocycles. The molecule has 0 saturated carbocycles. The number of amides is 1. The molecular weight excluding hydrogens is 300 g/mol. The van der Waals surface area contributed by atoms with Crippen LogP contribution in [0.1, 0.15) is 56.6 Å². The SMILES string of the molecule is CCCCOc1ccc(NC(=O)c2ccnc(C(C)(C)C)c2)cc1. The summed E-state index contributed by atoms with van der Waals surface area (Å²) in [4.78, 5) is 16.8. The second-order valence-corrected chi connectivity index (χ2v) is 6.86. The van der Waals surface area contributed by atoms with Crippen LogP contribution in [0.2, 0.25) is 0 Å². The Labute approximate surface area is 144 Å². The molecule has 0 aliphatic carbocycles. The van der Waals surface area contributed by atoms with Crippen molar-refractivity contribution >= 4 is 11.6 Å². The second-order valence-electron chi connectivity index (χ2n) is 6.86. The van der Waals surface area contributed by atoms with E-state index < -0.39 is 0 Å². The summed E-state index contributed by atoms with van der Waals surface area (Å²) in [5.74, 6) is 0.683. The molecule has 2 aromatic rings. The Hall–Kier alpha value is -2.36. The van der Waals surface area contributed by atoms with Crippen molar-refractivity contribution in [1.29, 1.82) is 0 Å². The Kier molecular flexibility index (Phi) is 5.96. The largest absolute Gasteiger partial charge is 0.494 e. The summed E-state index contributed by atoms with van der Waals surface area (Å²) in [6, 6.07) is 11.0. The van der Waals surface area contributed by atoms with Crippen LogP contribution in [0, 0.1) is 0 Å². The molecule has 4 heteroatoms. The first kappa shape index (κ1) is 18.0. The standard InChI is InChI=1S/C20H26N2O2/c1-5-6-13-24-17-9-7-16(8-10-17)22-19(23)15-11-12-21-18(14-15)20(2,3)4/h7-12,14H,5-6,13H2,1-4H3,(H,22,23). The summed E-state index contributed by atoms with van der Waals surface area (Å²) >= 11 is 0. The average molecular weight is 326 g/mol. The van der Waals surface area contributed by atoms with E-state index in [0.717, 1.165) is 36.6 Å². The molecule has 2 rings (SSSR count). The summed E-state index contributed by atoms with van der Waals surface area (Å²) in [5.41, 5.74) is 2.17. The molecular formula is C20H26N2O2. The van der Waals surface area contributed by atoms with Gasteiger partial charge in [-0.05, 0) is 42.8 Å². The molecule has 1 aromatic heterocycles. The first-order valence-corrected chi connectivity index (χ1v) is 8.41. The number of ether oxygens (including phenoxy) is 1. The van der Waals surface area contributed by atoms with Crippen LogP contribution >= 0.6 is 0 Å². The topological polar surface area (TPSA) is 51.2 Å². The number of carbonyl (C=O) groups excluding carboxylic acids is 1. The first-order chi connectivity index (χ1) is 11.4. The Bertz CT molecular complexity index is 673. The number of rotatable bonds is 6. The first-order valence-electron chi connectivity index (χ1n) is 8.41. The van der Waals surface area contributed by atoms with Crippen LogP contribution in [0.4, 0.5) is 5.69 Å². The predicted molar refractivity (Wildman–Crippen MR) is 97.7 cm³/mol. The number of hydrogen-bond acceptors (Lipinski definition) is 3. The highest BCUT2D eigenvalue weighted by Crippen LogP contribution is 2.21. The molecule has 1 amide bonds. The van der Waals surface area contributed by atoms with E-state index in [4.69, 9.17) is 4.74 Å². The Balaban J connectivity index is 2.02. The van der Waals surface area contributed by atoms with Gasteiger partial charge in [-0.15, -0.1) is 0 Å². The van der Waals surface area contributed by atoms with Gasteiger partial charge in [-0.25, -0.2) is 0 Å². The maximum absolute atomic E-state index is 12.4. The van der Waals surface area contributed by atoms with Gasteiger partial charge in [-0.1, -0.05) is 34.1 Å². The Morgan fingerprint density at radius 1 is 1.17 bits per heavy atom. The van der Waals surface area contributed by atoms with Crippen LogP contribution < -0.4 is 10.1 Å². The third-order valence-electron chi connectivity index (χ3n) is 3.67. The molecule has 0 radical (unpaired) electrons. The number of anilines is 1. The predicted octanol–water partition coefficient (Wildman–Crippen LogP) is 4.81. The quantitative estimate of drug-likeness (QED) is 0.775. The molecule has 128 valence electrons. The van der Waals surface area contributed by atoms with Crippen LogP contribution in [0.5, 0.6) is 5.75 Å². The third-order valence-corrected chi connectivity index (χ3v) is 3.67. The Morgan fingerprint density at radius 2 is 1.88 bits per heavy atom. The number of benzene rings is 1. The van der Waals surface area contributed by atoms with Crippen molar-refractivity contribution in [2.75, 3.05) is 11.9 Å². The minimum absolute atomic E-state index is 0.0895. The van der Waals surface area contributed by atoms with Crippen molar-refractivity contribution in [3.63, 3.8) is 0 Å². The lowest BCUT2D eigenvalue weighted by molar-refractivity contribution is 0.102. The van der Waals surface area contributed by atoms with E-state index in [9.17, 15) is 4.79 Å². The number of hydrogen-bond donors (Lipinski definition) is 1. The summed E-state index contributed by atoms with van der Waals surface area (Å²) < 4.78 is 5.62. The van der Waals surface area contributed by atoms with Gasteiger partial charge in [-0.2, -0.15) is 0 Å². The lowest BCUT2D eigenvalue weighted by Crippen LogP contribution is -2.17. The third kappa shape index (κ3) is 5.08. The lowest BCUT2D eigenvalue weighted by atomic mass is 9.91. The van der Waals surface area contributed by atoms with E-state index in [-0.39, 0.29) is 11.3 Å². The number of pyridine rings is 1. The van der Waals surface area contributed by atoms with Crippen molar-refractivity contribution in [3.8, 4) is 5.75 Å². The van der Waals surface area contributed by atoms with Crippen molar-refractivity contribution in [1.82, 2.24) is 4.98 Å². The van der Waals surface area contributed by atoms with Gasteiger partial charge in [0, 0.05) is 28.6 Å². The van der Waals surface area contributed by atoms with E-state index >= 15 is 0 Å². The van der Waals surface area contributed by atoms with Crippen molar-refractivity contribution < 1.29 is 9.53 Å². The monoisotopic (exact) mass is 326 g/mol. The van der Waals surface area contributed by atoms with E-state index in [1.54, 1.807) is 12.3 Å². The number of unbranched alkanes of at least 4 members (excludes halogenated alkanes) is 1. The molecule has 0 bridgehead atoms. The molecule has 0 aliphatic rings. The second kappa shape index (κ2) is 7.95. The van der Waals surface area contributed by atoms with E-state index in [1.807, 2.05) is 30.3 Å². The lowest BCUT2D eigenvalue weighted by Gasteiger charge is -2.18. The molecule has 0 unspecified atom stereocenters. The van der Waals surface area contributed by atoms with Crippen LogP contribution in [0.15, 0.2) is 42.6 Å². The summed E-state index contributed by atoms with van der Waals surface area (Å²) in [5, 5.41) is 2.91. The van der Waals surface area contributed by atoms with Crippen molar-refractivity contribution in [3.05, 3.63) is 53.9 Å². The van der Waals surface area contributed by atoms with Crippen LogP contribution in [-0.4, -0.2) is 17.5 Å². The maximum atomic E-state index is 12.4. The van der Waals surface area contributed by atoms with Gasteiger partial charge < -0.3 is 10.1 Å². The highest BCUT2D eigenvalue weighted by molar-refractivity contribution is 6.04. The summed E-state index contributed by atoms with van der Waals surface area (Å²) in [7, 11) is 0. The normalized spacial score (nSPS) is 11.2. The molecule has 0 fully saturated rings. The fraction of sp³-hybridized carbons (Fsp3) is 0.400. The summed E-state index contributed by atoms with van der Waals surface area (Å²) in [6.45, 7) is 9.08. The van der Waals surface area contributed by atoms with Crippen LogP contribution in [0.25, 0.3) is 0 Å². The van der Waals surface area contributed by atoms with Gasteiger partial charge in [0.1, 0.15) is 5.75 Å². The average Bonchev–Trinajstić information content (AvgIpc) is 2.56. The zero-order valence-corrected chi connectivity index (χ0v) is 14.9. The minimum atomic E-state index is -0.137. The van der Waals surface area contributed by atoms with Gasteiger partial charge in [0.05, 0.1) is 6.61 Å². The molecule has 1 heterocycles. The molecule has 1 aromatic carbocycles. The number of nitrogens with one attached hydrogen (secondary N) is 1. The van der Waals surface area contributed by atoms with Gasteiger partial charge >= 0.3 is 0 Å². The molecule has 0 atom stereocenters. The van der Waals surface area contributed by atoms with E-state index in [2.05, 4.69) is 38.0 Å². The highest BCUT2D eigenvalue weighted by Gasteiger charge is 2.17. The molecule has 0 aliphatic heterocycles. The molecule has 1 N–H and O–H groups in total. The van der Waals surface area contributed by atoms with Gasteiger partial charge in [0.15, 0.2) is 0 Å². The molecule has 0 spiro atoms. The van der Waals surface area contributed by atoms with E-state index in [1.165, 1.54) is 0 Å². The van der Waals surface area contributed by atoms with Crippen molar-refractivity contribution in [2.24, 2.45) is 0 Å². The maximum Gasteiger partial charge on any atom is 0.255 e. The number of nitrogens with zero attached hydrogens (tertiary/aromatic N) is 1. The Morgan fingerprint density at radius 3 is 2.50 bits per heavy atom. The van der Waals surface area contributed by atoms with Crippen molar-refractivity contribution in [2.45, 2.75) is 46.0 Å².